The first kappa shape index (κ1) is 16.7. The molecule has 3 aliphatic rings. The number of hydrogen-bond acceptors (Lipinski definition) is 6. The Labute approximate surface area is 143 Å². The van der Waals surface area contributed by atoms with Gasteiger partial charge in [0.1, 0.15) is 5.92 Å². The molecule has 2 amide bonds. The second kappa shape index (κ2) is 7.63. The molecular formula is C15H19N3O3S2. The van der Waals surface area contributed by atoms with Crippen molar-refractivity contribution in [2.24, 2.45) is 15.9 Å². The number of aliphatic hydroxyl groups excluding tert-OH is 1. The molecule has 124 valence electrons. The summed E-state index contributed by atoms with van der Waals surface area (Å²) < 4.78 is 0. The topological polar surface area (TPSA) is 91.1 Å². The van der Waals surface area contributed by atoms with Gasteiger partial charge in [0, 0.05) is 18.7 Å². The minimum absolute atomic E-state index is 0.0479. The van der Waals surface area contributed by atoms with Gasteiger partial charge in [-0.15, -0.1) is 0 Å². The summed E-state index contributed by atoms with van der Waals surface area (Å²) in [7, 11) is 0. The molecule has 6 nitrogen and oxygen atoms in total. The van der Waals surface area contributed by atoms with Crippen molar-refractivity contribution in [3.63, 3.8) is 0 Å². The van der Waals surface area contributed by atoms with Crippen LogP contribution < -0.4 is 5.32 Å². The predicted octanol–water partition coefficient (Wildman–Crippen LogP) is 1.70. The molecule has 1 atom stereocenters. The lowest BCUT2D eigenvalue weighted by atomic mass is 9.98. The molecule has 3 rings (SSSR count). The standard InChI is InChI=1S/C15H19N3O3S2/c19-7-6-16-11(20)5-2-8-22-15-17-13(21)12-9-3-1-4-10(9)23-14(12)18-15/h12,19H,1-8H2,(H,16,20). The fraction of sp³-hybridized carbons (Fsp3) is 0.600. The first-order valence-corrected chi connectivity index (χ1v) is 9.60. The summed E-state index contributed by atoms with van der Waals surface area (Å²) in [6.45, 7) is 0.241. The monoisotopic (exact) mass is 353 g/mol. The van der Waals surface area contributed by atoms with E-state index >= 15 is 0 Å². The van der Waals surface area contributed by atoms with Crippen LogP contribution >= 0.6 is 23.5 Å². The van der Waals surface area contributed by atoms with E-state index in [0.717, 1.165) is 24.3 Å². The number of fused-ring (bicyclic) bond motifs is 2. The Hall–Kier alpha value is -1.12. The molecule has 1 unspecified atom stereocenters. The Morgan fingerprint density at radius 3 is 3.09 bits per heavy atom. The van der Waals surface area contributed by atoms with Gasteiger partial charge in [0.05, 0.1) is 11.7 Å². The van der Waals surface area contributed by atoms with Crippen LogP contribution in [0.4, 0.5) is 0 Å². The van der Waals surface area contributed by atoms with Gasteiger partial charge in [-0.05, 0) is 36.2 Å². The summed E-state index contributed by atoms with van der Waals surface area (Å²) in [5, 5.41) is 12.6. The number of thioether (sulfide) groups is 2. The number of nitrogens with one attached hydrogen (secondary N) is 1. The van der Waals surface area contributed by atoms with Crippen molar-refractivity contribution in [2.75, 3.05) is 18.9 Å². The second-order valence-corrected chi connectivity index (χ2v) is 7.72. The number of carbonyl (C=O) groups excluding carboxylic acids is 2. The van der Waals surface area contributed by atoms with Crippen molar-refractivity contribution in [3.8, 4) is 0 Å². The van der Waals surface area contributed by atoms with Crippen LogP contribution in [-0.4, -0.2) is 46.0 Å². The molecule has 8 heteroatoms. The number of amidine groups is 1. The third-order valence-electron chi connectivity index (χ3n) is 3.90. The van der Waals surface area contributed by atoms with E-state index in [1.54, 1.807) is 11.8 Å². The number of hydrogen-bond donors (Lipinski definition) is 2. The van der Waals surface area contributed by atoms with Crippen LogP contribution in [0.2, 0.25) is 0 Å². The Balaban J connectivity index is 1.47. The number of nitrogens with zero attached hydrogens (tertiary/aromatic N) is 2. The molecule has 2 N–H and O–H groups in total. The lowest BCUT2D eigenvalue weighted by Crippen LogP contribution is -2.26. The zero-order valence-electron chi connectivity index (χ0n) is 12.7. The first-order chi connectivity index (χ1) is 11.2. The average molecular weight is 353 g/mol. The Morgan fingerprint density at radius 1 is 1.39 bits per heavy atom. The highest BCUT2D eigenvalue weighted by atomic mass is 32.2. The lowest BCUT2D eigenvalue weighted by Gasteiger charge is -2.15. The molecule has 0 radical (unpaired) electrons. The molecule has 23 heavy (non-hydrogen) atoms. The molecule has 0 aromatic carbocycles. The zero-order valence-corrected chi connectivity index (χ0v) is 14.3. The van der Waals surface area contributed by atoms with E-state index in [4.69, 9.17) is 5.11 Å². The van der Waals surface area contributed by atoms with E-state index in [1.165, 1.54) is 22.2 Å². The molecule has 0 fully saturated rings. The van der Waals surface area contributed by atoms with Gasteiger partial charge in [-0.25, -0.2) is 4.99 Å². The quantitative estimate of drug-likeness (QED) is 0.709. The third kappa shape index (κ3) is 3.87. The smallest absolute Gasteiger partial charge is 0.262 e. The van der Waals surface area contributed by atoms with E-state index < -0.39 is 0 Å². The maximum absolute atomic E-state index is 12.3. The minimum Gasteiger partial charge on any atom is -0.395 e. The second-order valence-electron chi connectivity index (χ2n) is 5.55. The Bertz CT molecular complexity index is 613. The zero-order chi connectivity index (χ0) is 16.2. The van der Waals surface area contributed by atoms with Crippen LogP contribution in [-0.2, 0) is 9.59 Å². The van der Waals surface area contributed by atoms with Crippen LogP contribution in [0, 0.1) is 5.92 Å². The predicted molar refractivity (Wildman–Crippen MR) is 93.6 cm³/mol. The van der Waals surface area contributed by atoms with Gasteiger partial charge in [0.15, 0.2) is 5.17 Å². The van der Waals surface area contributed by atoms with Crippen LogP contribution in [0.15, 0.2) is 20.5 Å². The van der Waals surface area contributed by atoms with Gasteiger partial charge in [-0.3, -0.25) is 9.59 Å². The van der Waals surface area contributed by atoms with Crippen molar-refractivity contribution in [2.45, 2.75) is 32.1 Å². The van der Waals surface area contributed by atoms with Gasteiger partial charge < -0.3 is 10.4 Å². The van der Waals surface area contributed by atoms with Gasteiger partial charge in [-0.1, -0.05) is 23.5 Å². The molecule has 1 aliphatic carbocycles. The largest absolute Gasteiger partial charge is 0.395 e. The molecule has 0 saturated heterocycles. The van der Waals surface area contributed by atoms with Crippen LogP contribution in [0.25, 0.3) is 0 Å². The van der Waals surface area contributed by atoms with Gasteiger partial charge in [0.2, 0.25) is 5.91 Å². The fourth-order valence-corrected chi connectivity index (χ4v) is 5.05. The summed E-state index contributed by atoms with van der Waals surface area (Å²) >= 11 is 3.08. The van der Waals surface area contributed by atoms with E-state index in [-0.39, 0.29) is 30.9 Å². The summed E-state index contributed by atoms with van der Waals surface area (Å²) in [6.07, 6.45) is 4.29. The van der Waals surface area contributed by atoms with Gasteiger partial charge in [-0.2, -0.15) is 4.99 Å². The third-order valence-corrected chi connectivity index (χ3v) is 6.09. The highest BCUT2D eigenvalue weighted by Crippen LogP contribution is 2.49. The minimum atomic E-state index is -0.203. The summed E-state index contributed by atoms with van der Waals surface area (Å²) in [5.74, 6) is 0.334. The fourth-order valence-electron chi connectivity index (χ4n) is 2.86. The lowest BCUT2D eigenvalue weighted by molar-refractivity contribution is -0.121. The van der Waals surface area contributed by atoms with E-state index in [1.807, 2.05) is 0 Å². The van der Waals surface area contributed by atoms with Crippen molar-refractivity contribution in [3.05, 3.63) is 10.5 Å². The summed E-state index contributed by atoms with van der Waals surface area (Å²) in [4.78, 5) is 33.7. The molecule has 0 spiro atoms. The maximum atomic E-state index is 12.3. The molecule has 0 aromatic heterocycles. The molecule has 0 bridgehead atoms. The van der Waals surface area contributed by atoms with Crippen molar-refractivity contribution >= 4 is 45.5 Å². The normalized spacial score (nSPS) is 22.7. The highest BCUT2D eigenvalue weighted by molar-refractivity contribution is 8.18. The van der Waals surface area contributed by atoms with Crippen LogP contribution in [0.3, 0.4) is 0 Å². The molecule has 2 heterocycles. The number of allylic oxidation sites excluding steroid dienone is 1. The first-order valence-electron chi connectivity index (χ1n) is 7.80. The highest BCUT2D eigenvalue weighted by Gasteiger charge is 2.41. The number of carbonyl (C=O) groups is 2. The molecule has 0 saturated carbocycles. The summed E-state index contributed by atoms with van der Waals surface area (Å²) in [6, 6.07) is 0. The Morgan fingerprint density at radius 2 is 2.26 bits per heavy atom. The van der Waals surface area contributed by atoms with E-state index in [0.29, 0.717) is 23.8 Å². The molecule has 0 aromatic rings. The maximum Gasteiger partial charge on any atom is 0.262 e. The number of amides is 2. The Kier molecular flexibility index (Phi) is 5.55. The number of aliphatic hydroxyl groups is 1. The average Bonchev–Trinajstić information content (AvgIpc) is 3.09. The van der Waals surface area contributed by atoms with E-state index in [9.17, 15) is 9.59 Å². The van der Waals surface area contributed by atoms with Crippen molar-refractivity contribution in [1.29, 1.82) is 0 Å². The van der Waals surface area contributed by atoms with Crippen LogP contribution in [0.1, 0.15) is 32.1 Å². The van der Waals surface area contributed by atoms with Gasteiger partial charge >= 0.3 is 0 Å². The molecular weight excluding hydrogens is 334 g/mol. The van der Waals surface area contributed by atoms with Crippen molar-refractivity contribution in [1.82, 2.24) is 5.32 Å². The van der Waals surface area contributed by atoms with Crippen molar-refractivity contribution < 1.29 is 14.7 Å². The molecule has 2 aliphatic heterocycles. The SMILES string of the molecule is O=C(CCCSC1=NC(=O)C2C(=N1)SC1=C2CCC1)NCCO. The van der Waals surface area contributed by atoms with E-state index in [2.05, 4.69) is 15.3 Å². The van der Waals surface area contributed by atoms with Gasteiger partial charge in [0.25, 0.3) is 5.91 Å². The summed E-state index contributed by atoms with van der Waals surface area (Å²) in [5.41, 5.74) is 1.24. The number of rotatable bonds is 6. The van der Waals surface area contributed by atoms with Crippen LogP contribution in [0.5, 0.6) is 0 Å². The number of aliphatic imine (C=N–C) groups is 2.